The molecule has 0 aliphatic heterocycles. The molecule has 3 aromatic rings. The summed E-state index contributed by atoms with van der Waals surface area (Å²) in [5, 5.41) is 13.7. The van der Waals surface area contributed by atoms with Crippen LogP contribution >= 0.6 is 0 Å². The molecule has 21 heavy (non-hydrogen) atoms. The first kappa shape index (κ1) is 13.2. The van der Waals surface area contributed by atoms with Gasteiger partial charge in [0.2, 0.25) is 0 Å². The molecule has 106 valence electrons. The summed E-state index contributed by atoms with van der Waals surface area (Å²) in [7, 11) is 0. The van der Waals surface area contributed by atoms with Gasteiger partial charge in [-0.2, -0.15) is 5.10 Å². The van der Waals surface area contributed by atoms with Crippen molar-refractivity contribution >= 4 is 5.97 Å². The zero-order valence-electron chi connectivity index (χ0n) is 11.7. The number of hydrogen-bond acceptors (Lipinski definition) is 3. The van der Waals surface area contributed by atoms with E-state index in [1.54, 1.807) is 16.8 Å². The standard InChI is InChI=1S/C16H14N2O3/c1-10-5-6-13(11(2)8-10)18-9-12(16(19)20)15(17-18)14-4-3-7-21-14/h3-9H,1-2H3,(H,19,20). The number of carboxylic acid groups (broad SMARTS) is 1. The van der Waals surface area contributed by atoms with Crippen molar-refractivity contribution in [3.05, 3.63) is 59.5 Å². The van der Waals surface area contributed by atoms with E-state index in [-0.39, 0.29) is 5.56 Å². The topological polar surface area (TPSA) is 68.3 Å². The molecule has 2 aromatic heterocycles. The maximum Gasteiger partial charge on any atom is 0.339 e. The van der Waals surface area contributed by atoms with E-state index in [0.29, 0.717) is 11.5 Å². The average molecular weight is 282 g/mol. The van der Waals surface area contributed by atoms with Crippen LogP contribution in [0.5, 0.6) is 0 Å². The summed E-state index contributed by atoms with van der Waals surface area (Å²) in [6.07, 6.45) is 3.01. The van der Waals surface area contributed by atoms with Gasteiger partial charge in [-0.25, -0.2) is 9.48 Å². The SMILES string of the molecule is Cc1ccc(-n2cc(C(=O)O)c(-c3ccco3)n2)c(C)c1. The Balaban J connectivity index is 2.17. The molecule has 0 saturated heterocycles. The van der Waals surface area contributed by atoms with E-state index in [0.717, 1.165) is 16.8 Å². The Bertz CT molecular complexity index is 801. The fourth-order valence-corrected chi connectivity index (χ4v) is 2.31. The van der Waals surface area contributed by atoms with Gasteiger partial charge in [0.25, 0.3) is 0 Å². The van der Waals surface area contributed by atoms with Crippen molar-refractivity contribution < 1.29 is 14.3 Å². The number of aromatic carboxylic acids is 1. The first-order chi connectivity index (χ1) is 10.1. The zero-order valence-corrected chi connectivity index (χ0v) is 11.7. The minimum atomic E-state index is -1.03. The molecule has 0 amide bonds. The van der Waals surface area contributed by atoms with Gasteiger partial charge in [0.1, 0.15) is 11.3 Å². The Morgan fingerprint density at radius 3 is 2.71 bits per heavy atom. The molecule has 5 nitrogen and oxygen atoms in total. The van der Waals surface area contributed by atoms with E-state index in [2.05, 4.69) is 5.10 Å². The van der Waals surface area contributed by atoms with Crippen LogP contribution in [0.15, 0.2) is 47.2 Å². The molecule has 0 aliphatic rings. The highest BCUT2D eigenvalue weighted by Gasteiger charge is 2.20. The second-order valence-electron chi connectivity index (χ2n) is 4.91. The first-order valence-corrected chi connectivity index (χ1v) is 6.51. The molecular formula is C16H14N2O3. The Morgan fingerprint density at radius 2 is 2.10 bits per heavy atom. The lowest BCUT2D eigenvalue weighted by Crippen LogP contribution is -1.98. The normalized spacial score (nSPS) is 10.8. The lowest BCUT2D eigenvalue weighted by Gasteiger charge is -2.06. The lowest BCUT2D eigenvalue weighted by molar-refractivity contribution is 0.0697. The molecule has 3 rings (SSSR count). The van der Waals surface area contributed by atoms with Crippen molar-refractivity contribution in [2.24, 2.45) is 0 Å². The molecule has 0 spiro atoms. The van der Waals surface area contributed by atoms with Gasteiger partial charge in [0.05, 0.1) is 12.0 Å². The monoisotopic (exact) mass is 282 g/mol. The van der Waals surface area contributed by atoms with Crippen LogP contribution < -0.4 is 0 Å². The molecule has 1 N–H and O–H groups in total. The van der Waals surface area contributed by atoms with Crippen LogP contribution in [0.2, 0.25) is 0 Å². The van der Waals surface area contributed by atoms with Gasteiger partial charge < -0.3 is 9.52 Å². The van der Waals surface area contributed by atoms with Crippen LogP contribution in [-0.2, 0) is 0 Å². The summed E-state index contributed by atoms with van der Waals surface area (Å²) in [5.41, 5.74) is 3.46. The van der Waals surface area contributed by atoms with Gasteiger partial charge in [-0.05, 0) is 37.6 Å². The zero-order chi connectivity index (χ0) is 15.0. The van der Waals surface area contributed by atoms with Crippen molar-refractivity contribution in [2.75, 3.05) is 0 Å². The smallest absolute Gasteiger partial charge is 0.339 e. The molecule has 0 unspecified atom stereocenters. The number of furan rings is 1. The number of carbonyl (C=O) groups is 1. The van der Waals surface area contributed by atoms with E-state index < -0.39 is 5.97 Å². The minimum Gasteiger partial charge on any atom is -0.478 e. The molecule has 2 heterocycles. The molecule has 0 bridgehead atoms. The predicted molar refractivity (Wildman–Crippen MR) is 77.7 cm³/mol. The molecule has 0 radical (unpaired) electrons. The highest BCUT2D eigenvalue weighted by atomic mass is 16.4. The van der Waals surface area contributed by atoms with Crippen molar-refractivity contribution in [3.63, 3.8) is 0 Å². The summed E-state index contributed by atoms with van der Waals surface area (Å²) in [6, 6.07) is 9.33. The van der Waals surface area contributed by atoms with Crippen LogP contribution in [0.1, 0.15) is 21.5 Å². The predicted octanol–water partition coefficient (Wildman–Crippen LogP) is 3.45. The first-order valence-electron chi connectivity index (χ1n) is 6.51. The number of benzene rings is 1. The Hall–Kier alpha value is -2.82. The van der Waals surface area contributed by atoms with Gasteiger partial charge in [0, 0.05) is 6.20 Å². The largest absolute Gasteiger partial charge is 0.478 e. The number of nitrogens with zero attached hydrogens (tertiary/aromatic N) is 2. The van der Waals surface area contributed by atoms with Gasteiger partial charge >= 0.3 is 5.97 Å². The van der Waals surface area contributed by atoms with E-state index >= 15 is 0 Å². The van der Waals surface area contributed by atoms with Gasteiger partial charge in [-0.3, -0.25) is 0 Å². The van der Waals surface area contributed by atoms with E-state index in [1.807, 2.05) is 32.0 Å². The third-order valence-electron chi connectivity index (χ3n) is 3.30. The summed E-state index contributed by atoms with van der Waals surface area (Å²) in [5.74, 6) is -0.590. The molecular weight excluding hydrogens is 268 g/mol. The molecule has 0 saturated carbocycles. The van der Waals surface area contributed by atoms with Gasteiger partial charge in [-0.15, -0.1) is 0 Å². The molecule has 0 fully saturated rings. The second kappa shape index (κ2) is 4.94. The maximum atomic E-state index is 11.4. The third-order valence-corrected chi connectivity index (χ3v) is 3.30. The summed E-state index contributed by atoms with van der Waals surface area (Å²) >= 11 is 0. The summed E-state index contributed by atoms with van der Waals surface area (Å²) in [4.78, 5) is 11.4. The fourth-order valence-electron chi connectivity index (χ4n) is 2.31. The Kier molecular flexibility index (Phi) is 3.10. The van der Waals surface area contributed by atoms with Crippen molar-refractivity contribution in [1.82, 2.24) is 9.78 Å². The van der Waals surface area contributed by atoms with E-state index in [4.69, 9.17) is 4.42 Å². The molecule has 5 heteroatoms. The van der Waals surface area contributed by atoms with Crippen molar-refractivity contribution in [2.45, 2.75) is 13.8 Å². The van der Waals surface area contributed by atoms with Crippen molar-refractivity contribution in [3.8, 4) is 17.1 Å². The van der Waals surface area contributed by atoms with Gasteiger partial charge in [0.15, 0.2) is 5.76 Å². The summed E-state index contributed by atoms with van der Waals surface area (Å²) in [6.45, 7) is 3.98. The molecule has 0 aliphatic carbocycles. The van der Waals surface area contributed by atoms with Crippen LogP contribution in [0, 0.1) is 13.8 Å². The average Bonchev–Trinajstić information content (AvgIpc) is 3.07. The van der Waals surface area contributed by atoms with Crippen LogP contribution in [-0.4, -0.2) is 20.9 Å². The highest BCUT2D eigenvalue weighted by molar-refractivity contribution is 5.94. The highest BCUT2D eigenvalue weighted by Crippen LogP contribution is 2.25. The van der Waals surface area contributed by atoms with Crippen LogP contribution in [0.25, 0.3) is 17.1 Å². The number of aromatic nitrogens is 2. The van der Waals surface area contributed by atoms with Crippen LogP contribution in [0.4, 0.5) is 0 Å². The quantitative estimate of drug-likeness (QED) is 0.799. The minimum absolute atomic E-state index is 0.116. The van der Waals surface area contributed by atoms with E-state index in [9.17, 15) is 9.90 Å². The number of hydrogen-bond donors (Lipinski definition) is 1. The number of carboxylic acids is 1. The van der Waals surface area contributed by atoms with Crippen molar-refractivity contribution in [1.29, 1.82) is 0 Å². The van der Waals surface area contributed by atoms with Gasteiger partial charge in [-0.1, -0.05) is 17.7 Å². The Morgan fingerprint density at radius 1 is 1.29 bits per heavy atom. The maximum absolute atomic E-state index is 11.4. The summed E-state index contributed by atoms with van der Waals surface area (Å²) < 4.78 is 6.85. The number of rotatable bonds is 3. The fraction of sp³-hybridized carbons (Fsp3) is 0.125. The molecule has 1 aromatic carbocycles. The lowest BCUT2D eigenvalue weighted by atomic mass is 10.1. The van der Waals surface area contributed by atoms with E-state index in [1.165, 1.54) is 12.5 Å². The second-order valence-corrected chi connectivity index (χ2v) is 4.91. The number of aryl methyl sites for hydroxylation is 2. The van der Waals surface area contributed by atoms with Crippen LogP contribution in [0.3, 0.4) is 0 Å². The Labute approximate surface area is 121 Å². The third kappa shape index (κ3) is 2.33. The molecule has 0 atom stereocenters.